The molecule has 0 aromatic heterocycles. The van der Waals surface area contributed by atoms with Crippen molar-refractivity contribution in [3.63, 3.8) is 0 Å². The summed E-state index contributed by atoms with van der Waals surface area (Å²) in [6.45, 7) is 6.77. The summed E-state index contributed by atoms with van der Waals surface area (Å²) < 4.78 is 0. The maximum atomic E-state index is 3.65. The van der Waals surface area contributed by atoms with Gasteiger partial charge in [-0.1, -0.05) is 45.0 Å². The van der Waals surface area contributed by atoms with Gasteiger partial charge in [0.15, 0.2) is 0 Å². The first-order valence-electron chi connectivity index (χ1n) is 5.52. The lowest BCUT2D eigenvalue weighted by atomic mass is 10.0. The van der Waals surface area contributed by atoms with Crippen LogP contribution in [0.15, 0.2) is 24.3 Å². The average molecular weight is 189 g/mol. The number of nitrogens with one attached hydrogen (secondary N) is 1. The zero-order valence-corrected chi connectivity index (χ0v) is 9.25. The van der Waals surface area contributed by atoms with Gasteiger partial charge in [-0.15, -0.1) is 0 Å². The molecule has 1 nitrogen and oxygen atoms in total. The van der Waals surface area contributed by atoms with Crippen LogP contribution >= 0.6 is 0 Å². The van der Waals surface area contributed by atoms with E-state index >= 15 is 0 Å². The first-order chi connectivity index (χ1) is 6.68. The van der Waals surface area contributed by atoms with Crippen molar-refractivity contribution in [2.24, 2.45) is 5.92 Å². The molecule has 0 fully saturated rings. The summed E-state index contributed by atoms with van der Waals surface area (Å²) in [4.78, 5) is 0. The maximum Gasteiger partial charge on any atom is 0.0354 e. The van der Waals surface area contributed by atoms with Crippen molar-refractivity contribution in [1.82, 2.24) is 5.32 Å². The molecule has 0 heterocycles. The van der Waals surface area contributed by atoms with Crippen molar-refractivity contribution in [2.75, 3.05) is 0 Å². The molecule has 0 unspecified atom stereocenters. The van der Waals surface area contributed by atoms with Crippen LogP contribution in [-0.2, 0) is 6.42 Å². The van der Waals surface area contributed by atoms with Gasteiger partial charge in [0.2, 0.25) is 0 Å². The predicted octanol–water partition coefficient (Wildman–Crippen LogP) is 2.92. The largest absolute Gasteiger partial charge is 0.307 e. The van der Waals surface area contributed by atoms with Crippen LogP contribution < -0.4 is 5.32 Å². The summed E-state index contributed by atoms with van der Waals surface area (Å²) in [6, 6.07) is 9.93. The summed E-state index contributed by atoms with van der Waals surface area (Å²) in [5.74, 6) is 0.731. The molecule has 0 amide bonds. The van der Waals surface area contributed by atoms with Gasteiger partial charge in [0.1, 0.15) is 0 Å². The number of hydrogen-bond donors (Lipinski definition) is 1. The molecule has 1 heteroatoms. The van der Waals surface area contributed by atoms with E-state index in [0.717, 1.165) is 5.92 Å². The number of rotatable bonds is 2. The van der Waals surface area contributed by atoms with Crippen LogP contribution in [0.1, 0.15) is 37.9 Å². The molecule has 0 saturated heterocycles. The van der Waals surface area contributed by atoms with E-state index in [-0.39, 0.29) is 0 Å². The van der Waals surface area contributed by atoms with E-state index < -0.39 is 0 Å². The highest BCUT2D eigenvalue weighted by Crippen LogP contribution is 2.35. The van der Waals surface area contributed by atoms with Gasteiger partial charge in [-0.2, -0.15) is 0 Å². The third-order valence-corrected chi connectivity index (χ3v) is 3.01. The zero-order chi connectivity index (χ0) is 10.1. The van der Waals surface area contributed by atoms with Crippen LogP contribution in [0.3, 0.4) is 0 Å². The van der Waals surface area contributed by atoms with Gasteiger partial charge in [-0.3, -0.25) is 0 Å². The third-order valence-electron chi connectivity index (χ3n) is 3.01. The van der Waals surface area contributed by atoms with Crippen molar-refractivity contribution in [3.8, 4) is 0 Å². The van der Waals surface area contributed by atoms with Crippen LogP contribution in [0.2, 0.25) is 0 Å². The Labute approximate surface area is 86.5 Å². The molecule has 76 valence electrons. The fourth-order valence-corrected chi connectivity index (χ4v) is 2.41. The highest BCUT2D eigenvalue weighted by atomic mass is 14.9. The van der Waals surface area contributed by atoms with E-state index in [4.69, 9.17) is 0 Å². The molecule has 0 saturated carbocycles. The molecule has 1 aromatic carbocycles. The van der Waals surface area contributed by atoms with Crippen molar-refractivity contribution < 1.29 is 0 Å². The monoisotopic (exact) mass is 189 g/mol. The molecular weight excluding hydrogens is 170 g/mol. The smallest absolute Gasteiger partial charge is 0.0354 e. The number of benzene rings is 1. The molecule has 0 aliphatic heterocycles. The molecule has 0 radical (unpaired) electrons. The second-order valence-corrected chi connectivity index (χ2v) is 4.68. The minimum atomic E-state index is 0.561. The fraction of sp³-hybridized carbons (Fsp3) is 0.538. The van der Waals surface area contributed by atoms with E-state index in [1.54, 1.807) is 0 Å². The highest BCUT2D eigenvalue weighted by molar-refractivity contribution is 5.35. The Bertz CT molecular complexity index is 317. The summed E-state index contributed by atoms with van der Waals surface area (Å²) in [5.41, 5.74) is 3.03. The van der Waals surface area contributed by atoms with E-state index in [1.807, 2.05) is 0 Å². The molecule has 14 heavy (non-hydrogen) atoms. The average Bonchev–Trinajstić information content (AvgIpc) is 2.43. The second kappa shape index (κ2) is 3.74. The minimum absolute atomic E-state index is 0.561. The fourth-order valence-electron chi connectivity index (χ4n) is 2.41. The summed E-state index contributed by atoms with van der Waals surface area (Å²) >= 11 is 0. The van der Waals surface area contributed by atoms with Gasteiger partial charge in [0.25, 0.3) is 0 Å². The Kier molecular flexibility index (Phi) is 2.60. The third kappa shape index (κ3) is 1.69. The van der Waals surface area contributed by atoms with Crippen LogP contribution in [0.4, 0.5) is 0 Å². The van der Waals surface area contributed by atoms with E-state index in [1.165, 1.54) is 17.5 Å². The van der Waals surface area contributed by atoms with Crippen molar-refractivity contribution in [3.05, 3.63) is 35.4 Å². The Morgan fingerprint density at radius 1 is 1.29 bits per heavy atom. The van der Waals surface area contributed by atoms with Crippen LogP contribution in [-0.4, -0.2) is 6.04 Å². The quantitative estimate of drug-likeness (QED) is 0.754. The van der Waals surface area contributed by atoms with E-state index in [2.05, 4.69) is 50.4 Å². The molecule has 0 bridgehead atoms. The Hall–Kier alpha value is -0.820. The highest BCUT2D eigenvalue weighted by Gasteiger charge is 2.28. The molecule has 1 aromatic rings. The van der Waals surface area contributed by atoms with Gasteiger partial charge >= 0.3 is 0 Å². The van der Waals surface area contributed by atoms with Gasteiger partial charge < -0.3 is 5.32 Å². The first kappa shape index (κ1) is 9.72. The van der Waals surface area contributed by atoms with Crippen molar-refractivity contribution in [2.45, 2.75) is 39.3 Å². The standard InChI is InChI=1S/C13H19N/c1-9(2)14-13-10(3)8-11-6-4-5-7-12(11)13/h4-7,9-10,13-14H,8H2,1-3H3/t10-,13+/m1/s1. The zero-order valence-electron chi connectivity index (χ0n) is 9.25. The molecule has 1 aliphatic rings. The normalized spacial score (nSPS) is 25.4. The first-order valence-corrected chi connectivity index (χ1v) is 5.52. The molecule has 1 N–H and O–H groups in total. The summed E-state index contributed by atoms with van der Waals surface area (Å²) in [5, 5.41) is 3.65. The van der Waals surface area contributed by atoms with Gasteiger partial charge in [0.05, 0.1) is 0 Å². The summed E-state index contributed by atoms with van der Waals surface area (Å²) in [6.07, 6.45) is 1.22. The SMILES string of the molecule is CC(C)N[C@@H]1c2ccccc2C[C@H]1C. The molecule has 0 spiro atoms. The molecule has 2 atom stereocenters. The predicted molar refractivity (Wildman–Crippen MR) is 60.3 cm³/mol. The van der Waals surface area contributed by atoms with Gasteiger partial charge in [-0.25, -0.2) is 0 Å². The topological polar surface area (TPSA) is 12.0 Å². The van der Waals surface area contributed by atoms with Gasteiger partial charge in [0, 0.05) is 12.1 Å². The molecular formula is C13H19N. The van der Waals surface area contributed by atoms with E-state index in [0.29, 0.717) is 12.1 Å². The van der Waals surface area contributed by atoms with E-state index in [9.17, 15) is 0 Å². The second-order valence-electron chi connectivity index (χ2n) is 4.68. The molecule has 2 rings (SSSR count). The minimum Gasteiger partial charge on any atom is -0.307 e. The lowest BCUT2D eigenvalue weighted by Gasteiger charge is -2.21. The lowest BCUT2D eigenvalue weighted by molar-refractivity contribution is 0.386. The van der Waals surface area contributed by atoms with Crippen molar-refractivity contribution in [1.29, 1.82) is 0 Å². The van der Waals surface area contributed by atoms with Gasteiger partial charge in [-0.05, 0) is 23.5 Å². The van der Waals surface area contributed by atoms with Crippen LogP contribution in [0.25, 0.3) is 0 Å². The Morgan fingerprint density at radius 3 is 2.71 bits per heavy atom. The van der Waals surface area contributed by atoms with Crippen LogP contribution in [0.5, 0.6) is 0 Å². The summed E-state index contributed by atoms with van der Waals surface area (Å²) in [7, 11) is 0. The maximum absolute atomic E-state index is 3.65. The number of fused-ring (bicyclic) bond motifs is 1. The Morgan fingerprint density at radius 2 is 2.00 bits per heavy atom. The van der Waals surface area contributed by atoms with Crippen LogP contribution in [0, 0.1) is 5.92 Å². The number of hydrogen-bond acceptors (Lipinski definition) is 1. The van der Waals surface area contributed by atoms with Crippen molar-refractivity contribution >= 4 is 0 Å². The molecule has 1 aliphatic carbocycles. The Balaban J connectivity index is 2.25. The lowest BCUT2D eigenvalue weighted by Crippen LogP contribution is -2.30.